The molecule has 8 heteroatoms. The van der Waals surface area contributed by atoms with Crippen LogP contribution >= 0.6 is 0 Å². The number of carbonyl (C=O) groups excluding carboxylic acids is 1. The number of nitrogens with two attached hydrogens (primary N) is 1. The molecule has 8 nitrogen and oxygen atoms in total. The molecule has 0 aliphatic carbocycles. The second-order valence-corrected chi connectivity index (χ2v) is 4.76. The van der Waals surface area contributed by atoms with Crippen molar-refractivity contribution in [3.63, 3.8) is 0 Å². The molecule has 2 aromatic heterocycles. The highest BCUT2D eigenvalue weighted by atomic mass is 16.2. The number of fused-ring (bicyclic) bond motifs is 1. The maximum atomic E-state index is 12.0. The molecule has 4 N–H and O–H groups in total. The van der Waals surface area contributed by atoms with E-state index in [0.29, 0.717) is 6.42 Å². The van der Waals surface area contributed by atoms with Gasteiger partial charge in [-0.3, -0.25) is 10.1 Å². The third-order valence-corrected chi connectivity index (χ3v) is 3.19. The van der Waals surface area contributed by atoms with Gasteiger partial charge in [0.05, 0.1) is 13.1 Å². The van der Waals surface area contributed by atoms with E-state index in [1.54, 1.807) is 7.05 Å². The predicted molar refractivity (Wildman–Crippen MR) is 77.4 cm³/mol. The molecule has 1 atom stereocenters. The fourth-order valence-electron chi connectivity index (χ4n) is 2.17. The number of H-pyrrole nitrogens is 1. The SMILES string of the molecule is Cn1nnc(NC(=O)[C@H](N)Cc2c[nH]c3ccccc23)n1. The zero-order chi connectivity index (χ0) is 14.8. The third kappa shape index (κ3) is 2.75. The van der Waals surface area contributed by atoms with Crippen molar-refractivity contribution in [1.82, 2.24) is 25.2 Å². The van der Waals surface area contributed by atoms with Crippen LogP contribution in [-0.4, -0.2) is 37.1 Å². The number of amides is 1. The number of tetrazole rings is 1. The van der Waals surface area contributed by atoms with Crippen molar-refractivity contribution in [3.8, 4) is 0 Å². The minimum absolute atomic E-state index is 0.150. The normalized spacial score (nSPS) is 12.5. The Morgan fingerprint density at radius 1 is 1.48 bits per heavy atom. The highest BCUT2D eigenvalue weighted by Crippen LogP contribution is 2.18. The van der Waals surface area contributed by atoms with Gasteiger partial charge in [-0.05, 0) is 23.3 Å². The Hall–Kier alpha value is -2.74. The first-order valence-corrected chi connectivity index (χ1v) is 6.49. The van der Waals surface area contributed by atoms with Crippen molar-refractivity contribution < 1.29 is 4.79 Å². The van der Waals surface area contributed by atoms with E-state index in [9.17, 15) is 4.79 Å². The second kappa shape index (κ2) is 5.33. The van der Waals surface area contributed by atoms with Crippen LogP contribution in [-0.2, 0) is 18.3 Å². The van der Waals surface area contributed by atoms with Crippen LogP contribution in [0, 0.1) is 0 Å². The van der Waals surface area contributed by atoms with Crippen LogP contribution in [0.1, 0.15) is 5.56 Å². The van der Waals surface area contributed by atoms with Crippen LogP contribution in [0.5, 0.6) is 0 Å². The van der Waals surface area contributed by atoms with E-state index in [-0.39, 0.29) is 11.9 Å². The van der Waals surface area contributed by atoms with Gasteiger partial charge in [-0.25, -0.2) is 0 Å². The number of hydrogen-bond donors (Lipinski definition) is 3. The van der Waals surface area contributed by atoms with Crippen molar-refractivity contribution in [2.45, 2.75) is 12.5 Å². The number of rotatable bonds is 4. The number of hydrogen-bond acceptors (Lipinski definition) is 5. The van der Waals surface area contributed by atoms with E-state index in [4.69, 9.17) is 5.73 Å². The number of anilines is 1. The quantitative estimate of drug-likeness (QED) is 0.633. The van der Waals surface area contributed by atoms with E-state index in [1.807, 2.05) is 30.5 Å². The van der Waals surface area contributed by atoms with Crippen molar-refractivity contribution in [1.29, 1.82) is 0 Å². The molecular weight excluding hydrogens is 270 g/mol. The van der Waals surface area contributed by atoms with E-state index < -0.39 is 6.04 Å². The summed E-state index contributed by atoms with van der Waals surface area (Å²) >= 11 is 0. The number of nitrogens with zero attached hydrogens (tertiary/aromatic N) is 4. The number of para-hydroxylation sites is 1. The highest BCUT2D eigenvalue weighted by molar-refractivity contribution is 5.94. The Bertz CT molecular complexity index is 776. The van der Waals surface area contributed by atoms with Gasteiger partial charge in [0.15, 0.2) is 0 Å². The van der Waals surface area contributed by atoms with Gasteiger partial charge in [-0.1, -0.05) is 23.3 Å². The topological polar surface area (TPSA) is 115 Å². The van der Waals surface area contributed by atoms with E-state index in [0.717, 1.165) is 16.5 Å². The van der Waals surface area contributed by atoms with E-state index >= 15 is 0 Å². The van der Waals surface area contributed by atoms with Gasteiger partial charge in [0.1, 0.15) is 0 Å². The summed E-state index contributed by atoms with van der Waals surface area (Å²) in [5.41, 5.74) is 7.97. The standard InChI is InChI=1S/C13H15N7O/c1-20-18-13(17-19-20)16-12(21)10(14)6-8-7-15-11-5-3-2-4-9(8)11/h2-5,7,10,15H,6,14H2,1H3,(H,16,18,21)/t10-/m1/s1. The molecule has 0 aliphatic rings. The number of aromatic amines is 1. The van der Waals surface area contributed by atoms with Crippen LogP contribution in [0.3, 0.4) is 0 Å². The first kappa shape index (κ1) is 13.3. The van der Waals surface area contributed by atoms with Gasteiger partial charge in [-0.15, -0.1) is 5.10 Å². The molecule has 1 amide bonds. The fourth-order valence-corrected chi connectivity index (χ4v) is 2.17. The molecule has 0 spiro atoms. The molecule has 0 bridgehead atoms. The number of benzene rings is 1. The molecule has 21 heavy (non-hydrogen) atoms. The lowest BCUT2D eigenvalue weighted by Crippen LogP contribution is -2.37. The Morgan fingerprint density at radius 2 is 2.29 bits per heavy atom. The second-order valence-electron chi connectivity index (χ2n) is 4.76. The largest absolute Gasteiger partial charge is 0.361 e. The van der Waals surface area contributed by atoms with Crippen LogP contribution in [0.2, 0.25) is 0 Å². The number of nitrogens with one attached hydrogen (secondary N) is 2. The molecule has 3 rings (SSSR count). The summed E-state index contributed by atoms with van der Waals surface area (Å²) < 4.78 is 0. The molecule has 0 unspecified atom stereocenters. The lowest BCUT2D eigenvalue weighted by atomic mass is 10.1. The summed E-state index contributed by atoms with van der Waals surface area (Å²) in [5, 5.41) is 14.8. The number of aryl methyl sites for hydroxylation is 1. The van der Waals surface area contributed by atoms with Crippen LogP contribution in [0.25, 0.3) is 10.9 Å². The van der Waals surface area contributed by atoms with Gasteiger partial charge in [0.25, 0.3) is 5.95 Å². The number of aromatic nitrogens is 5. The predicted octanol–water partition coefficient (Wildman–Crippen LogP) is 0.200. The first-order valence-electron chi connectivity index (χ1n) is 6.49. The molecule has 0 saturated carbocycles. The summed E-state index contributed by atoms with van der Waals surface area (Å²) in [6.45, 7) is 0. The molecule has 108 valence electrons. The monoisotopic (exact) mass is 285 g/mol. The zero-order valence-electron chi connectivity index (χ0n) is 11.4. The molecule has 0 aliphatic heterocycles. The molecule has 2 heterocycles. The molecule has 1 aromatic carbocycles. The minimum atomic E-state index is -0.687. The van der Waals surface area contributed by atoms with Crippen LogP contribution in [0.4, 0.5) is 5.95 Å². The first-order chi connectivity index (χ1) is 10.1. The van der Waals surface area contributed by atoms with Crippen LogP contribution < -0.4 is 11.1 Å². The molecule has 0 fully saturated rings. The van der Waals surface area contributed by atoms with Crippen molar-refractivity contribution >= 4 is 22.8 Å². The lowest BCUT2D eigenvalue weighted by molar-refractivity contribution is -0.117. The summed E-state index contributed by atoms with van der Waals surface area (Å²) in [5.74, 6) is -0.190. The number of carbonyl (C=O) groups is 1. The Balaban J connectivity index is 1.70. The summed E-state index contributed by atoms with van der Waals surface area (Å²) in [4.78, 5) is 16.4. The van der Waals surface area contributed by atoms with Crippen molar-refractivity contribution in [2.24, 2.45) is 12.8 Å². The van der Waals surface area contributed by atoms with Gasteiger partial charge >= 0.3 is 0 Å². The maximum absolute atomic E-state index is 12.0. The highest BCUT2D eigenvalue weighted by Gasteiger charge is 2.17. The van der Waals surface area contributed by atoms with Gasteiger partial charge in [0.2, 0.25) is 5.91 Å². The lowest BCUT2D eigenvalue weighted by Gasteiger charge is -2.09. The Labute approximate surface area is 120 Å². The minimum Gasteiger partial charge on any atom is -0.361 e. The molecule has 0 radical (unpaired) electrons. The van der Waals surface area contributed by atoms with Gasteiger partial charge < -0.3 is 10.7 Å². The van der Waals surface area contributed by atoms with Crippen molar-refractivity contribution in [2.75, 3.05) is 5.32 Å². The summed E-state index contributed by atoms with van der Waals surface area (Å²) in [6, 6.07) is 7.20. The van der Waals surface area contributed by atoms with Crippen LogP contribution in [0.15, 0.2) is 30.5 Å². The molecule has 0 saturated heterocycles. The summed E-state index contributed by atoms with van der Waals surface area (Å²) in [6.07, 6.45) is 2.30. The maximum Gasteiger partial charge on any atom is 0.270 e. The van der Waals surface area contributed by atoms with Gasteiger partial charge in [0, 0.05) is 17.1 Å². The van der Waals surface area contributed by atoms with E-state index in [2.05, 4.69) is 25.7 Å². The van der Waals surface area contributed by atoms with Crippen molar-refractivity contribution in [3.05, 3.63) is 36.0 Å². The summed E-state index contributed by atoms with van der Waals surface area (Å²) in [7, 11) is 1.62. The average Bonchev–Trinajstić information content (AvgIpc) is 3.06. The zero-order valence-corrected chi connectivity index (χ0v) is 11.4. The van der Waals surface area contributed by atoms with Gasteiger partial charge in [-0.2, -0.15) is 4.80 Å². The Morgan fingerprint density at radius 3 is 3.05 bits per heavy atom. The third-order valence-electron chi connectivity index (χ3n) is 3.19. The smallest absolute Gasteiger partial charge is 0.270 e. The average molecular weight is 285 g/mol. The molecule has 3 aromatic rings. The molecular formula is C13H15N7O. The fraction of sp³-hybridized carbons (Fsp3) is 0.231. The van der Waals surface area contributed by atoms with E-state index in [1.165, 1.54) is 4.80 Å². The Kier molecular flexibility index (Phi) is 3.36.